The number of halogens is 6. The number of aromatic nitrogens is 5. The summed E-state index contributed by atoms with van der Waals surface area (Å²) >= 11 is 5.76. The van der Waals surface area contributed by atoms with E-state index < -0.39 is 41.9 Å². The van der Waals surface area contributed by atoms with Gasteiger partial charge in [0.1, 0.15) is 23.4 Å². The molecule has 2 fully saturated rings. The topological polar surface area (TPSA) is 130 Å². The first-order chi connectivity index (χ1) is 21.2. The summed E-state index contributed by atoms with van der Waals surface area (Å²) in [5.41, 5.74) is 3.72. The first-order valence-corrected chi connectivity index (χ1v) is 14.3. The normalized spacial score (nSPS) is 18.4. The van der Waals surface area contributed by atoms with Gasteiger partial charge in [0.2, 0.25) is 6.20 Å². The fraction of sp³-hybridized carbons (Fsp3) is 0.379. The highest BCUT2D eigenvalue weighted by molar-refractivity contribution is 6.30. The average Bonchev–Trinajstić information content (AvgIpc) is 3.89. The molecule has 0 bridgehead atoms. The van der Waals surface area contributed by atoms with Crippen molar-refractivity contribution in [3.8, 4) is 16.9 Å². The molecule has 0 spiro atoms. The lowest BCUT2D eigenvalue weighted by molar-refractivity contribution is -0.314. The van der Waals surface area contributed by atoms with Crippen molar-refractivity contribution in [2.24, 2.45) is 11.7 Å². The van der Waals surface area contributed by atoms with Crippen molar-refractivity contribution in [3.05, 3.63) is 58.5 Å². The number of amides is 2. The summed E-state index contributed by atoms with van der Waals surface area (Å²) in [6.45, 7) is 0.941. The monoisotopic (exact) mass is 646 g/mol. The molecular formula is C29H22ClF5N7O3+. The summed E-state index contributed by atoms with van der Waals surface area (Å²) in [7, 11) is 0. The van der Waals surface area contributed by atoms with Gasteiger partial charge in [-0.2, -0.15) is 26.9 Å². The zero-order chi connectivity index (χ0) is 32.1. The van der Waals surface area contributed by atoms with Crippen molar-refractivity contribution in [1.82, 2.24) is 19.5 Å². The van der Waals surface area contributed by atoms with Crippen LogP contribution >= 0.6 is 11.6 Å². The van der Waals surface area contributed by atoms with Crippen molar-refractivity contribution in [3.63, 3.8) is 0 Å². The third-order valence-corrected chi connectivity index (χ3v) is 8.51. The predicted octanol–water partition coefficient (Wildman–Crippen LogP) is 4.48. The Morgan fingerprint density at radius 1 is 1.24 bits per heavy atom. The van der Waals surface area contributed by atoms with Crippen molar-refractivity contribution in [1.29, 1.82) is 0 Å². The number of pyridine rings is 1. The summed E-state index contributed by atoms with van der Waals surface area (Å²) < 4.78 is 78.7. The van der Waals surface area contributed by atoms with E-state index in [0.29, 0.717) is 0 Å². The van der Waals surface area contributed by atoms with Crippen LogP contribution in [0.25, 0.3) is 22.3 Å². The number of aryl methyl sites for hydroxylation is 1. The smallest absolute Gasteiger partial charge is 0.423 e. The Morgan fingerprint density at radius 2 is 1.98 bits per heavy atom. The fourth-order valence-corrected chi connectivity index (χ4v) is 5.99. The van der Waals surface area contributed by atoms with E-state index in [2.05, 4.69) is 26.1 Å². The van der Waals surface area contributed by atoms with Crippen molar-refractivity contribution in [2.45, 2.75) is 63.4 Å². The lowest BCUT2D eigenvalue weighted by Gasteiger charge is -2.32. The molecule has 0 atom stereocenters. The molecule has 0 radical (unpaired) electrons. The fourth-order valence-electron chi connectivity index (χ4n) is 5.90. The van der Waals surface area contributed by atoms with Crippen molar-refractivity contribution < 1.29 is 41.3 Å². The SMILES string of the molecule is Cc1nc2c(-c3ccc4c(c3)OC(F)(F)C(=O)N4Cc3ncc(Cl)c#[n+]3)c(C(N)=O)c(CC3CC3)nc2n1C1(C(F)(F)F)CC1. The number of benzene rings is 1. The van der Waals surface area contributed by atoms with Crippen LogP contribution in [0.4, 0.5) is 27.6 Å². The van der Waals surface area contributed by atoms with Gasteiger partial charge in [0, 0.05) is 5.56 Å². The quantitative estimate of drug-likeness (QED) is 0.293. The van der Waals surface area contributed by atoms with Gasteiger partial charge in [0.25, 0.3) is 5.91 Å². The van der Waals surface area contributed by atoms with Crippen LogP contribution in [0.15, 0.2) is 24.4 Å². The molecule has 3 aliphatic rings. The molecule has 4 heterocycles. The van der Waals surface area contributed by atoms with Gasteiger partial charge in [-0.15, -0.1) is 0 Å². The molecule has 1 aromatic carbocycles. The van der Waals surface area contributed by atoms with Gasteiger partial charge in [-0.1, -0.05) is 17.7 Å². The van der Waals surface area contributed by atoms with E-state index in [1.54, 1.807) is 0 Å². The van der Waals surface area contributed by atoms with Crippen LogP contribution in [0.3, 0.4) is 0 Å². The summed E-state index contributed by atoms with van der Waals surface area (Å²) in [6, 6.07) is 3.91. The van der Waals surface area contributed by atoms with E-state index in [1.807, 2.05) is 0 Å². The number of ether oxygens (including phenoxy) is 1. The lowest BCUT2D eigenvalue weighted by atomic mass is 9.94. The number of hydrogen-bond acceptors (Lipinski definition) is 6. The van der Waals surface area contributed by atoms with Crippen LogP contribution in [-0.2, 0) is 23.3 Å². The molecule has 1 aliphatic heterocycles. The molecule has 2 N–H and O–H groups in total. The highest BCUT2D eigenvalue weighted by Gasteiger charge is 2.66. The van der Waals surface area contributed by atoms with Crippen LogP contribution in [0.5, 0.6) is 5.75 Å². The average molecular weight is 647 g/mol. The molecule has 2 aliphatic carbocycles. The standard InChI is InChI=1S/C29H21ClF5N7O3/c1-13-39-23-21(22(24(36)43)17(8-14-2-3-14)40-25(23)42(13)27(6-7-27)29(33,34)35)15-4-5-18-19(9-15)45-28(31,32)26(44)41(18)12-20-37-10-16(30)11-38-20/h4-5,9-10,14H,2-3,6-8,12H2,1H3,(H-,36,43)/p+1. The summed E-state index contributed by atoms with van der Waals surface area (Å²) in [4.78, 5) is 43.2. The van der Waals surface area contributed by atoms with Gasteiger partial charge >= 0.3 is 24.0 Å². The number of anilines is 1. The number of carbonyl (C=O) groups is 2. The number of imidazole rings is 1. The van der Waals surface area contributed by atoms with Gasteiger partial charge in [0.15, 0.2) is 22.6 Å². The molecule has 10 nitrogen and oxygen atoms in total. The van der Waals surface area contributed by atoms with Gasteiger partial charge in [0.05, 0.1) is 16.9 Å². The number of carbonyl (C=O) groups excluding carboxylic acids is 2. The molecule has 0 unspecified atom stereocenters. The molecule has 7 rings (SSSR count). The van der Waals surface area contributed by atoms with Crippen LogP contribution in [-0.4, -0.2) is 43.6 Å². The number of primary amides is 1. The molecule has 16 heteroatoms. The molecule has 232 valence electrons. The second-order valence-electron chi connectivity index (χ2n) is 11.5. The zero-order valence-electron chi connectivity index (χ0n) is 23.4. The third kappa shape index (κ3) is 4.70. The highest BCUT2D eigenvalue weighted by atomic mass is 35.5. The molecule has 3 aromatic heterocycles. The molecule has 2 saturated carbocycles. The van der Waals surface area contributed by atoms with Crippen molar-refractivity contribution >= 4 is 40.3 Å². The van der Waals surface area contributed by atoms with E-state index in [-0.39, 0.29) is 81.1 Å². The Labute approximate surface area is 256 Å². The number of nitrogens with zero attached hydrogens (tertiary/aromatic N) is 6. The van der Waals surface area contributed by atoms with Gasteiger partial charge in [-0.3, -0.25) is 19.1 Å². The summed E-state index contributed by atoms with van der Waals surface area (Å²) in [5, 5.41) is 0.0814. The number of rotatable bonds is 7. The van der Waals surface area contributed by atoms with E-state index in [9.17, 15) is 31.5 Å². The zero-order valence-corrected chi connectivity index (χ0v) is 24.1. The van der Waals surface area contributed by atoms with E-state index in [4.69, 9.17) is 22.1 Å². The predicted molar refractivity (Wildman–Crippen MR) is 146 cm³/mol. The number of hydrogen-bond donors (Lipinski definition) is 1. The van der Waals surface area contributed by atoms with Gasteiger partial charge < -0.3 is 10.5 Å². The van der Waals surface area contributed by atoms with E-state index in [1.165, 1.54) is 31.3 Å². The minimum absolute atomic E-state index is 0.0184. The molecule has 45 heavy (non-hydrogen) atoms. The second kappa shape index (κ2) is 9.71. The molecule has 4 aromatic rings. The number of nitrogens with two attached hydrogens (primary N) is 1. The summed E-state index contributed by atoms with van der Waals surface area (Å²) in [6.07, 6.45) is -3.62. The Morgan fingerprint density at radius 3 is 2.58 bits per heavy atom. The van der Waals surface area contributed by atoms with Crippen LogP contribution in [0.2, 0.25) is 5.02 Å². The summed E-state index contributed by atoms with van der Waals surface area (Å²) in [5.74, 6) is -2.87. The maximum Gasteiger partial charge on any atom is 0.482 e. The van der Waals surface area contributed by atoms with Gasteiger partial charge in [-0.05, 0) is 67.6 Å². The number of fused-ring (bicyclic) bond motifs is 2. The number of alkyl halides is 5. The first kappa shape index (κ1) is 29.1. The minimum Gasteiger partial charge on any atom is -0.423 e. The van der Waals surface area contributed by atoms with Crippen LogP contribution in [0.1, 0.15) is 53.4 Å². The van der Waals surface area contributed by atoms with E-state index in [0.717, 1.165) is 22.3 Å². The Balaban J connectivity index is 1.43. The van der Waals surface area contributed by atoms with E-state index >= 15 is 0 Å². The third-order valence-electron chi connectivity index (χ3n) is 8.33. The van der Waals surface area contributed by atoms with Crippen LogP contribution in [0, 0.1) is 19.0 Å². The van der Waals surface area contributed by atoms with Crippen molar-refractivity contribution in [2.75, 3.05) is 4.90 Å². The largest absolute Gasteiger partial charge is 0.482 e. The highest BCUT2D eigenvalue weighted by Crippen LogP contribution is 2.57. The maximum absolute atomic E-state index is 14.9. The van der Waals surface area contributed by atoms with Gasteiger partial charge in [-0.25, -0.2) is 9.97 Å². The Hall–Kier alpha value is -4.58. The van der Waals surface area contributed by atoms with Crippen LogP contribution < -0.4 is 20.4 Å². The molecule has 2 amide bonds. The Bertz CT molecular complexity index is 1900. The second-order valence-corrected chi connectivity index (χ2v) is 11.9. The lowest BCUT2D eigenvalue weighted by Crippen LogP contribution is -2.50. The Kier molecular flexibility index (Phi) is 6.29. The minimum atomic E-state index is -4.60. The molecule has 0 saturated heterocycles. The maximum atomic E-state index is 14.9. The first-order valence-electron chi connectivity index (χ1n) is 13.9. The molecular weight excluding hydrogens is 625 g/mol.